The molecule has 0 saturated heterocycles. The Morgan fingerprint density at radius 1 is 1.83 bits per heavy atom. The van der Waals surface area contributed by atoms with Gasteiger partial charge in [0.25, 0.3) is 5.09 Å². The molecule has 0 aromatic heterocycles. The molecule has 0 amide bonds. The van der Waals surface area contributed by atoms with Crippen LogP contribution >= 0.6 is 10.0 Å². The number of hydrogen-bond donors (Lipinski definition) is 1. The fourth-order valence-electron chi connectivity index (χ4n) is 0. The largest absolute Gasteiger partial charge is 0.353 e. The lowest BCUT2D eigenvalue weighted by Crippen LogP contribution is -1.81. The summed E-state index contributed by atoms with van der Waals surface area (Å²) >= 11 is 0.778. The highest BCUT2D eigenvalue weighted by molar-refractivity contribution is 6.80. The maximum Gasteiger partial charge on any atom is 0.353 e. The van der Waals surface area contributed by atoms with Gasteiger partial charge in [-0.05, 0) is 0 Å². The Balaban J connectivity index is 0. The van der Waals surface area contributed by atoms with Crippen LogP contribution in [0.25, 0.3) is 0 Å². The molecule has 0 aliphatic heterocycles. The Morgan fingerprint density at radius 2 is 1.83 bits per heavy atom. The molecular formula is H3AlClNO3. The van der Waals surface area contributed by atoms with Gasteiger partial charge >= 0.3 is 15.4 Å². The molecule has 0 aromatic carbocycles. The van der Waals surface area contributed by atoms with Gasteiger partial charge in [0.1, 0.15) is 0 Å². The molecular weight excluding hydrogens is 124 g/mol. The van der Waals surface area contributed by atoms with Gasteiger partial charge < -0.3 is 5.21 Å². The Bertz CT molecular complexity index is 33.8. The predicted octanol–water partition coefficient (Wildman–Crippen LogP) is -0.574. The molecule has 0 aliphatic carbocycles. The molecule has 0 saturated carbocycles. The van der Waals surface area contributed by atoms with Gasteiger partial charge in [0.15, 0.2) is 0 Å². The van der Waals surface area contributed by atoms with E-state index >= 15 is 0 Å². The molecule has 1 N–H and O–H groups in total. The molecule has 0 heterocycles. The van der Waals surface area contributed by atoms with Gasteiger partial charge in [-0.2, -0.15) is 0 Å². The van der Waals surface area contributed by atoms with Crippen molar-refractivity contribution in [3.63, 3.8) is 0 Å². The first-order valence-corrected chi connectivity index (χ1v) is 3.97. The van der Waals surface area contributed by atoms with Crippen LogP contribution in [-0.2, 0) is 0 Å². The highest BCUT2D eigenvalue weighted by Crippen LogP contribution is 1.38. The zero-order valence-electron chi connectivity index (χ0n) is 3.09. The Labute approximate surface area is 46.5 Å². The molecule has 0 spiro atoms. The summed E-state index contributed by atoms with van der Waals surface area (Å²) in [5.41, 5.74) is 0. The molecule has 0 fully saturated rings. The Morgan fingerprint density at radius 3 is 1.83 bits per heavy atom. The van der Waals surface area contributed by atoms with Crippen LogP contribution in [0, 0.1) is 10.1 Å². The molecule has 0 aromatic rings. The first kappa shape index (κ1) is 9.39. The minimum Gasteiger partial charge on any atom is -0.328 e. The topological polar surface area (TPSA) is 63.4 Å². The number of rotatable bonds is 0. The van der Waals surface area contributed by atoms with Gasteiger partial charge in [-0.3, -0.25) is 10.0 Å². The van der Waals surface area contributed by atoms with Gasteiger partial charge in [-0.1, -0.05) is 0 Å². The first-order chi connectivity index (χ1) is 2.73. The summed E-state index contributed by atoms with van der Waals surface area (Å²) in [4.78, 5) is 8.36. The summed E-state index contributed by atoms with van der Waals surface area (Å²) in [6.45, 7) is 0. The van der Waals surface area contributed by atoms with Crippen LogP contribution in [-0.4, -0.2) is 25.7 Å². The lowest BCUT2D eigenvalue weighted by Gasteiger charge is -1.56. The Hall–Kier alpha value is 0.0225. The standard InChI is InChI=1S/Al.ClH.HNO3.2H/c;;2-1(3)4;;/h;1H;(H,2,3,4);;/q+1;;;;/p-1. The van der Waals surface area contributed by atoms with Gasteiger partial charge in [-0.15, -0.1) is 10.1 Å². The van der Waals surface area contributed by atoms with E-state index in [0.29, 0.717) is 0 Å². The summed E-state index contributed by atoms with van der Waals surface area (Å²) in [6, 6.07) is 0. The number of hydrogen-bond acceptors (Lipinski definition) is 2. The Kier molecular flexibility index (Phi) is 13.9. The second-order valence-electron chi connectivity index (χ2n) is 0.238. The highest BCUT2D eigenvalue weighted by atomic mass is 35.6. The normalized spacial score (nSPS) is 4.83. The maximum atomic E-state index is 8.36. The minimum absolute atomic E-state index is 0.778. The van der Waals surface area contributed by atoms with E-state index in [1.54, 1.807) is 0 Å². The quantitative estimate of drug-likeness (QED) is 0.269. The zero-order chi connectivity index (χ0) is 5.58. The molecule has 6 heavy (non-hydrogen) atoms. The summed E-state index contributed by atoms with van der Waals surface area (Å²) in [5.74, 6) is 0. The zero-order valence-corrected chi connectivity index (χ0v) is 5.84. The maximum absolute atomic E-state index is 8.36. The summed E-state index contributed by atoms with van der Waals surface area (Å²) in [5, 5.41) is 13.6. The van der Waals surface area contributed by atoms with Crippen molar-refractivity contribution in [2.75, 3.05) is 0 Å². The summed E-state index contributed by atoms with van der Waals surface area (Å²) in [6.07, 6.45) is 0. The number of halogens is 1. The van der Waals surface area contributed by atoms with Crippen LogP contribution in [0.2, 0.25) is 0 Å². The predicted molar refractivity (Wildman–Crippen MR) is 23.2 cm³/mol. The summed E-state index contributed by atoms with van der Waals surface area (Å²) < 4.78 is 0. The van der Waals surface area contributed by atoms with Crippen molar-refractivity contribution in [3.05, 3.63) is 10.1 Å². The van der Waals surface area contributed by atoms with E-state index < -0.39 is 5.09 Å². The van der Waals surface area contributed by atoms with Crippen molar-refractivity contribution in [1.82, 2.24) is 0 Å². The molecule has 4 nitrogen and oxygen atoms in total. The van der Waals surface area contributed by atoms with Crippen LogP contribution in [0.15, 0.2) is 0 Å². The third-order valence-corrected chi connectivity index (χ3v) is 0. The van der Waals surface area contributed by atoms with Crippen molar-refractivity contribution in [2.45, 2.75) is 0 Å². The second-order valence-corrected chi connectivity index (χ2v) is 0.238. The van der Waals surface area contributed by atoms with Crippen LogP contribution < -0.4 is 0 Å². The van der Waals surface area contributed by atoms with E-state index in [4.69, 9.17) is 25.4 Å². The molecule has 0 aliphatic rings. The van der Waals surface area contributed by atoms with Crippen molar-refractivity contribution in [3.8, 4) is 0 Å². The SMILES string of the molecule is O=[N+]([O-])O.[AlH2][Cl]. The lowest BCUT2D eigenvalue weighted by molar-refractivity contribution is -0.742. The monoisotopic (exact) mass is 127 g/mol. The van der Waals surface area contributed by atoms with Crippen LogP contribution in [0.5, 0.6) is 0 Å². The van der Waals surface area contributed by atoms with Crippen molar-refractivity contribution < 1.29 is 10.3 Å². The smallest absolute Gasteiger partial charge is 0.328 e. The van der Waals surface area contributed by atoms with E-state index in [9.17, 15) is 0 Å². The van der Waals surface area contributed by atoms with E-state index in [0.717, 1.165) is 15.4 Å². The van der Waals surface area contributed by atoms with Crippen molar-refractivity contribution in [2.24, 2.45) is 0 Å². The van der Waals surface area contributed by atoms with E-state index in [2.05, 4.69) is 0 Å². The van der Waals surface area contributed by atoms with Gasteiger partial charge in [-0.25, -0.2) is 0 Å². The average Bonchev–Trinajstić information content (AvgIpc) is 1.41. The van der Waals surface area contributed by atoms with Crippen molar-refractivity contribution >= 4 is 25.4 Å². The second kappa shape index (κ2) is 8.90. The van der Waals surface area contributed by atoms with Crippen LogP contribution in [0.3, 0.4) is 0 Å². The first-order valence-electron chi connectivity index (χ1n) is 0.943. The highest BCUT2D eigenvalue weighted by Gasteiger charge is 1.65. The summed E-state index contributed by atoms with van der Waals surface area (Å²) in [7, 11) is 4.78. The number of nitrogens with zero attached hydrogens (tertiary/aromatic N) is 1. The molecule has 36 valence electrons. The van der Waals surface area contributed by atoms with Crippen molar-refractivity contribution in [1.29, 1.82) is 0 Å². The fraction of sp³-hybridized carbons (Fsp3) is 0. The minimum atomic E-state index is -1.50. The van der Waals surface area contributed by atoms with Crippen LogP contribution in [0.4, 0.5) is 0 Å². The molecule has 0 rings (SSSR count). The molecule has 0 radical (unpaired) electrons. The van der Waals surface area contributed by atoms with E-state index in [-0.39, 0.29) is 0 Å². The molecule has 6 heteroatoms. The van der Waals surface area contributed by atoms with Gasteiger partial charge in [0.05, 0.1) is 0 Å². The van der Waals surface area contributed by atoms with Gasteiger partial charge in [0.2, 0.25) is 0 Å². The third-order valence-electron chi connectivity index (χ3n) is 0. The molecule has 0 bridgehead atoms. The molecule has 0 unspecified atom stereocenters. The average molecular weight is 127 g/mol. The molecule has 0 atom stereocenters. The van der Waals surface area contributed by atoms with Crippen LogP contribution in [0.1, 0.15) is 0 Å². The third kappa shape index (κ3) is 72800. The fourth-order valence-corrected chi connectivity index (χ4v) is 0. The van der Waals surface area contributed by atoms with E-state index in [1.165, 1.54) is 0 Å². The van der Waals surface area contributed by atoms with Gasteiger partial charge in [0, 0.05) is 0 Å². The lowest BCUT2D eigenvalue weighted by atomic mass is 13.1. The van der Waals surface area contributed by atoms with E-state index in [1.807, 2.05) is 0 Å².